The molecule has 27 heavy (non-hydrogen) atoms. The van der Waals surface area contributed by atoms with Gasteiger partial charge in [0.05, 0.1) is 21.1 Å². The second-order valence-corrected chi connectivity index (χ2v) is 7.90. The number of nitrogens with zero attached hydrogens (tertiary/aromatic N) is 2. The summed E-state index contributed by atoms with van der Waals surface area (Å²) in [5.41, 5.74) is 8.67. The summed E-state index contributed by atoms with van der Waals surface area (Å²) in [6, 6.07) is 16.7. The third kappa shape index (κ3) is 3.32. The van der Waals surface area contributed by atoms with Gasteiger partial charge in [0.15, 0.2) is 5.82 Å². The van der Waals surface area contributed by atoms with Crippen LogP contribution in [-0.4, -0.2) is 23.6 Å². The molecule has 0 amide bonds. The Balaban J connectivity index is 1.70. The number of halogens is 1. The van der Waals surface area contributed by atoms with Gasteiger partial charge in [-0.15, -0.1) is 0 Å². The van der Waals surface area contributed by atoms with Crippen LogP contribution in [0.15, 0.2) is 65.6 Å². The molecule has 4 aromatic rings. The Labute approximate surface area is 160 Å². The first-order valence-electron chi connectivity index (χ1n) is 7.92. The van der Waals surface area contributed by atoms with E-state index in [1.54, 1.807) is 48.5 Å². The summed E-state index contributed by atoms with van der Waals surface area (Å²) in [5.74, 6) is 0.286. The molecule has 0 saturated carbocycles. The van der Waals surface area contributed by atoms with Crippen LogP contribution in [0, 0.1) is 0 Å². The van der Waals surface area contributed by atoms with Gasteiger partial charge in [-0.2, -0.15) is 5.10 Å². The number of hydrogen-bond donors (Lipinski definition) is 3. The van der Waals surface area contributed by atoms with Gasteiger partial charge in [0.1, 0.15) is 5.52 Å². The molecule has 0 aliphatic rings. The average molecular weight is 400 g/mol. The Kier molecular flexibility index (Phi) is 4.21. The lowest BCUT2D eigenvalue weighted by molar-refractivity contribution is 0.601. The Hall–Kier alpha value is -3.10. The number of para-hydroxylation sites is 1. The summed E-state index contributed by atoms with van der Waals surface area (Å²) in [7, 11) is -3.76. The number of pyridine rings is 1. The second kappa shape index (κ2) is 6.57. The molecule has 0 saturated heterocycles. The van der Waals surface area contributed by atoms with Crippen molar-refractivity contribution in [1.82, 2.24) is 15.2 Å². The summed E-state index contributed by atoms with van der Waals surface area (Å²) >= 11 is 6.35. The molecular formula is C18H14ClN5O2S. The summed E-state index contributed by atoms with van der Waals surface area (Å²) in [6.07, 6.45) is 0. The van der Waals surface area contributed by atoms with E-state index in [0.29, 0.717) is 28.0 Å². The van der Waals surface area contributed by atoms with Crippen molar-refractivity contribution < 1.29 is 8.42 Å². The summed E-state index contributed by atoms with van der Waals surface area (Å²) in [6.45, 7) is 0. The van der Waals surface area contributed by atoms with Gasteiger partial charge in [0.25, 0.3) is 10.0 Å². The molecule has 0 fully saturated rings. The largest absolute Gasteiger partial charge is 0.380 e. The van der Waals surface area contributed by atoms with Gasteiger partial charge in [-0.3, -0.25) is 9.82 Å². The highest BCUT2D eigenvalue weighted by molar-refractivity contribution is 7.92. The zero-order valence-electron chi connectivity index (χ0n) is 13.8. The number of aromatic nitrogens is 3. The maximum Gasteiger partial charge on any atom is 0.261 e. The van der Waals surface area contributed by atoms with Gasteiger partial charge in [-0.25, -0.2) is 13.4 Å². The van der Waals surface area contributed by atoms with Crippen molar-refractivity contribution in [1.29, 1.82) is 0 Å². The van der Waals surface area contributed by atoms with Crippen molar-refractivity contribution in [2.75, 3.05) is 10.5 Å². The van der Waals surface area contributed by atoms with Crippen molar-refractivity contribution in [2.24, 2.45) is 0 Å². The molecule has 136 valence electrons. The summed E-state index contributed by atoms with van der Waals surface area (Å²) in [5, 5.41) is 6.95. The molecule has 0 radical (unpaired) electrons. The van der Waals surface area contributed by atoms with Crippen molar-refractivity contribution >= 4 is 44.2 Å². The van der Waals surface area contributed by atoms with Gasteiger partial charge in [-0.1, -0.05) is 29.8 Å². The average Bonchev–Trinajstić information content (AvgIpc) is 3.02. The summed E-state index contributed by atoms with van der Waals surface area (Å²) < 4.78 is 27.7. The Morgan fingerprint density at radius 2 is 1.81 bits per heavy atom. The number of aromatic amines is 1. The van der Waals surface area contributed by atoms with Gasteiger partial charge >= 0.3 is 0 Å². The molecule has 7 nitrogen and oxygen atoms in total. The fraction of sp³-hybridized carbons (Fsp3) is 0. The number of sulfonamides is 1. The van der Waals surface area contributed by atoms with Crippen LogP contribution in [0.1, 0.15) is 0 Å². The van der Waals surface area contributed by atoms with Gasteiger partial charge < -0.3 is 5.73 Å². The Morgan fingerprint density at radius 1 is 1.04 bits per heavy atom. The van der Waals surface area contributed by atoms with Crippen LogP contribution in [0.5, 0.6) is 0 Å². The van der Waals surface area contributed by atoms with Crippen molar-refractivity contribution in [3.05, 3.63) is 65.7 Å². The minimum Gasteiger partial charge on any atom is -0.380 e. The Bertz CT molecular complexity index is 1240. The maximum absolute atomic E-state index is 12.6. The predicted octanol–water partition coefficient (Wildman–Crippen LogP) is 3.66. The molecule has 0 atom stereocenters. The van der Waals surface area contributed by atoms with Gasteiger partial charge in [-0.05, 0) is 42.5 Å². The van der Waals surface area contributed by atoms with Crippen LogP contribution >= 0.6 is 11.6 Å². The molecule has 2 heterocycles. The minimum atomic E-state index is -3.76. The van der Waals surface area contributed by atoms with Gasteiger partial charge in [0.2, 0.25) is 0 Å². The van der Waals surface area contributed by atoms with E-state index in [4.69, 9.17) is 17.3 Å². The highest BCUT2D eigenvalue weighted by Crippen LogP contribution is 2.31. The highest BCUT2D eigenvalue weighted by atomic mass is 35.5. The van der Waals surface area contributed by atoms with E-state index in [9.17, 15) is 8.42 Å². The Morgan fingerprint density at radius 3 is 2.56 bits per heavy atom. The molecule has 0 aliphatic heterocycles. The number of benzene rings is 2. The number of nitrogen functional groups attached to an aromatic ring is 1. The first kappa shape index (κ1) is 17.3. The predicted molar refractivity (Wildman–Crippen MR) is 106 cm³/mol. The lowest BCUT2D eigenvalue weighted by Crippen LogP contribution is -2.12. The molecule has 4 rings (SSSR count). The number of nitrogens with one attached hydrogen (secondary N) is 2. The van der Waals surface area contributed by atoms with Crippen LogP contribution < -0.4 is 10.5 Å². The topological polar surface area (TPSA) is 114 Å². The van der Waals surface area contributed by atoms with Crippen LogP contribution in [0.4, 0.5) is 11.5 Å². The molecule has 4 N–H and O–H groups in total. The SMILES string of the molecule is Nc1n[nH]c2ccc(-c3ccc(S(=O)(=O)Nc4ccccc4)cc3Cl)nc12. The summed E-state index contributed by atoms with van der Waals surface area (Å²) in [4.78, 5) is 4.52. The normalized spacial score (nSPS) is 11.6. The number of nitrogens with two attached hydrogens (primary N) is 1. The van der Waals surface area contributed by atoms with E-state index < -0.39 is 10.0 Å². The van der Waals surface area contributed by atoms with E-state index in [0.717, 1.165) is 0 Å². The molecule has 0 spiro atoms. The van der Waals surface area contributed by atoms with E-state index in [2.05, 4.69) is 19.9 Å². The van der Waals surface area contributed by atoms with Crippen molar-refractivity contribution in [3.63, 3.8) is 0 Å². The van der Waals surface area contributed by atoms with Crippen LogP contribution in [0.25, 0.3) is 22.3 Å². The molecular weight excluding hydrogens is 386 g/mol. The fourth-order valence-electron chi connectivity index (χ4n) is 2.66. The van der Waals surface area contributed by atoms with Crippen molar-refractivity contribution in [2.45, 2.75) is 4.90 Å². The number of fused-ring (bicyclic) bond motifs is 1. The molecule has 0 unspecified atom stereocenters. The third-order valence-electron chi connectivity index (χ3n) is 3.99. The van der Waals surface area contributed by atoms with Crippen LogP contribution in [0.2, 0.25) is 5.02 Å². The maximum atomic E-state index is 12.6. The standard InChI is InChI=1S/C18H14ClN5O2S/c19-14-10-12(27(25,26)24-11-4-2-1-3-5-11)6-7-13(14)15-8-9-16-17(21-15)18(20)23-22-16/h1-10,24H,(H3,20,22,23). The first-order chi connectivity index (χ1) is 12.9. The van der Waals surface area contributed by atoms with Crippen LogP contribution in [-0.2, 0) is 10.0 Å². The van der Waals surface area contributed by atoms with E-state index in [1.165, 1.54) is 12.1 Å². The number of rotatable bonds is 4. The highest BCUT2D eigenvalue weighted by Gasteiger charge is 2.17. The molecule has 9 heteroatoms. The van der Waals surface area contributed by atoms with Crippen LogP contribution in [0.3, 0.4) is 0 Å². The molecule has 2 aromatic carbocycles. The lowest BCUT2D eigenvalue weighted by atomic mass is 10.1. The lowest BCUT2D eigenvalue weighted by Gasteiger charge is -2.10. The quantitative estimate of drug-likeness (QED) is 0.484. The van der Waals surface area contributed by atoms with Gasteiger partial charge in [0, 0.05) is 11.3 Å². The van der Waals surface area contributed by atoms with Crippen molar-refractivity contribution in [3.8, 4) is 11.3 Å². The smallest absolute Gasteiger partial charge is 0.261 e. The monoisotopic (exact) mass is 399 g/mol. The van der Waals surface area contributed by atoms with E-state index in [1.807, 2.05) is 0 Å². The van der Waals surface area contributed by atoms with E-state index in [-0.39, 0.29) is 15.7 Å². The number of H-pyrrole nitrogens is 1. The fourth-order valence-corrected chi connectivity index (χ4v) is 4.09. The third-order valence-corrected chi connectivity index (χ3v) is 5.68. The molecule has 2 aromatic heterocycles. The number of anilines is 2. The van der Waals surface area contributed by atoms with E-state index >= 15 is 0 Å². The zero-order chi connectivity index (χ0) is 19.0. The zero-order valence-corrected chi connectivity index (χ0v) is 15.4. The first-order valence-corrected chi connectivity index (χ1v) is 9.78. The molecule has 0 bridgehead atoms. The molecule has 0 aliphatic carbocycles. The minimum absolute atomic E-state index is 0.0593. The second-order valence-electron chi connectivity index (χ2n) is 5.81. The number of hydrogen-bond acceptors (Lipinski definition) is 5.